The highest BCUT2D eigenvalue weighted by molar-refractivity contribution is 8.77. The van der Waals surface area contributed by atoms with Crippen LogP contribution < -0.4 is 0 Å². The van der Waals surface area contributed by atoms with Crippen molar-refractivity contribution in [2.45, 2.75) is 48.6 Å². The van der Waals surface area contributed by atoms with Crippen molar-refractivity contribution in [1.82, 2.24) is 0 Å². The fourth-order valence-corrected chi connectivity index (χ4v) is 10.8. The van der Waals surface area contributed by atoms with Crippen LogP contribution in [-0.4, -0.2) is 0 Å². The summed E-state index contributed by atoms with van der Waals surface area (Å²) in [6.45, 7) is 0. The third-order valence-electron chi connectivity index (χ3n) is 7.47. The summed E-state index contributed by atoms with van der Waals surface area (Å²) in [5.74, 6) is 0. The van der Waals surface area contributed by atoms with Crippen LogP contribution in [0.1, 0.15) is 33.4 Å². The van der Waals surface area contributed by atoms with Crippen LogP contribution in [-0.2, 0) is 19.3 Å². The Labute approximate surface area is 290 Å². The molecule has 0 radical (unpaired) electrons. The van der Waals surface area contributed by atoms with Crippen LogP contribution in [0, 0.1) is 0 Å². The first-order valence-corrected chi connectivity index (χ1v) is 21.2. The number of rotatable bonds is 0. The predicted octanol–water partition coefficient (Wildman–Crippen LogP) is 13.2. The minimum Gasteiger partial charge on any atom is -0.0576 e. The van der Waals surface area contributed by atoms with Crippen molar-refractivity contribution in [1.29, 1.82) is 0 Å². The largest absolute Gasteiger partial charge is 0.0576 e. The van der Waals surface area contributed by atoms with Gasteiger partial charge in [-0.2, -0.15) is 0 Å². The molecule has 0 unspecified atom stereocenters. The van der Waals surface area contributed by atoms with Crippen LogP contribution in [0.4, 0.5) is 0 Å². The molecular weight excluding hydrogens is 661 g/mol. The lowest BCUT2D eigenvalue weighted by Crippen LogP contribution is -1.88. The van der Waals surface area contributed by atoms with Crippen LogP contribution >= 0.6 is 64.8 Å². The SMILES string of the molecule is c1cc2ccc1Cc1ccc(cc1)SSc1ccc(cc1)Cc1ccc(cc1)SSc1ccc(cc1)Cc1ccc(cc1)SS2. The Bertz CT molecular complexity index is 1460. The van der Waals surface area contributed by atoms with Crippen molar-refractivity contribution in [2.24, 2.45) is 0 Å². The van der Waals surface area contributed by atoms with E-state index in [1.54, 1.807) is 0 Å². The second-order valence-corrected chi connectivity index (χ2v) is 17.7. The van der Waals surface area contributed by atoms with Gasteiger partial charge in [0.05, 0.1) is 0 Å². The van der Waals surface area contributed by atoms with Crippen molar-refractivity contribution in [2.75, 3.05) is 0 Å². The van der Waals surface area contributed by atoms with Gasteiger partial charge in [-0.25, -0.2) is 0 Å². The van der Waals surface area contributed by atoms with E-state index in [9.17, 15) is 0 Å². The fourth-order valence-electron chi connectivity index (χ4n) is 4.97. The molecule has 6 aromatic rings. The van der Waals surface area contributed by atoms with Crippen molar-refractivity contribution in [3.63, 3.8) is 0 Å². The van der Waals surface area contributed by atoms with E-state index in [4.69, 9.17) is 0 Å². The van der Waals surface area contributed by atoms with Crippen LogP contribution in [0.25, 0.3) is 0 Å². The fraction of sp³-hybridized carbons (Fsp3) is 0.0769. The molecular formula is C39H30S6. The Kier molecular flexibility index (Phi) is 10.6. The van der Waals surface area contributed by atoms with Gasteiger partial charge in [0.25, 0.3) is 0 Å². The first kappa shape index (κ1) is 31.0. The van der Waals surface area contributed by atoms with Gasteiger partial charge < -0.3 is 0 Å². The van der Waals surface area contributed by atoms with E-state index in [-0.39, 0.29) is 0 Å². The highest BCUT2D eigenvalue weighted by atomic mass is 33.1. The molecule has 16 aliphatic rings. The van der Waals surface area contributed by atoms with Gasteiger partial charge in [-0.3, -0.25) is 0 Å². The van der Waals surface area contributed by atoms with E-state index in [1.165, 1.54) is 62.8 Å². The standard InChI is InChI=1S/C39H30S6/c1-13-34-14-2-28(1)25-29-3-15-36(16-4-29)42-43-37-19-7-32(8-20-37)27-33-11-23-39(24-12-33)45-44-38-21-9-31(10-22-38)26-30-5-17-35(18-6-30)41-40-34/h1-24H,25-27H2. The lowest BCUT2D eigenvalue weighted by atomic mass is 10.1. The summed E-state index contributed by atoms with van der Waals surface area (Å²) >= 11 is 0. The lowest BCUT2D eigenvalue weighted by Gasteiger charge is -2.07. The third kappa shape index (κ3) is 9.03. The van der Waals surface area contributed by atoms with Crippen LogP contribution in [0.2, 0.25) is 0 Å². The zero-order valence-electron chi connectivity index (χ0n) is 24.4. The van der Waals surface area contributed by atoms with E-state index in [0.29, 0.717) is 0 Å². The molecule has 0 nitrogen and oxygen atoms in total. The van der Waals surface area contributed by atoms with Gasteiger partial charge >= 0.3 is 0 Å². The summed E-state index contributed by atoms with van der Waals surface area (Å²) in [4.78, 5) is 7.66. The maximum absolute atomic E-state index is 2.26. The van der Waals surface area contributed by atoms with Gasteiger partial charge in [0.2, 0.25) is 0 Å². The molecule has 16 aliphatic heterocycles. The number of hydrogen-bond acceptors (Lipinski definition) is 6. The Morgan fingerprint density at radius 1 is 0.200 bits per heavy atom. The Balaban J connectivity index is 1.07. The Hall–Kier alpha value is -2.58. The molecule has 0 amide bonds. The average Bonchev–Trinajstić information content (AvgIpc) is 3.09. The van der Waals surface area contributed by atoms with Crippen LogP contribution in [0.15, 0.2) is 175 Å². The van der Waals surface area contributed by atoms with Gasteiger partial charge in [-0.1, -0.05) is 138 Å². The Morgan fingerprint density at radius 3 is 0.467 bits per heavy atom. The molecule has 0 atom stereocenters. The summed E-state index contributed by atoms with van der Waals surface area (Å²) in [7, 11) is 10.9. The quantitative estimate of drug-likeness (QED) is 0.144. The monoisotopic (exact) mass is 690 g/mol. The van der Waals surface area contributed by atoms with Crippen molar-refractivity contribution in [3.05, 3.63) is 179 Å². The Morgan fingerprint density at radius 2 is 0.333 bits per heavy atom. The summed E-state index contributed by atoms with van der Waals surface area (Å²) in [6.07, 6.45) is 2.84. The molecule has 0 saturated heterocycles. The summed E-state index contributed by atoms with van der Waals surface area (Å²) < 4.78 is 0. The summed E-state index contributed by atoms with van der Waals surface area (Å²) in [5, 5.41) is 0. The second kappa shape index (κ2) is 15.3. The van der Waals surface area contributed by atoms with Gasteiger partial charge in [-0.15, -0.1) is 0 Å². The molecule has 0 aromatic heterocycles. The lowest BCUT2D eigenvalue weighted by molar-refractivity contribution is 1.17. The van der Waals surface area contributed by atoms with Gasteiger partial charge in [-0.05, 0) is 125 Å². The molecule has 222 valence electrons. The number of benzene rings is 6. The highest BCUT2D eigenvalue weighted by Crippen LogP contribution is 2.40. The van der Waals surface area contributed by atoms with Crippen molar-refractivity contribution >= 4 is 64.8 Å². The maximum Gasteiger partial charge on any atom is 0.0186 e. The third-order valence-corrected chi connectivity index (χ3v) is 14.7. The maximum atomic E-state index is 2.26. The smallest absolute Gasteiger partial charge is 0.0186 e. The summed E-state index contributed by atoms with van der Waals surface area (Å²) in [6, 6.07) is 54.0. The highest BCUT2D eigenvalue weighted by Gasteiger charge is 2.06. The molecule has 22 rings (SSSR count). The van der Waals surface area contributed by atoms with E-state index < -0.39 is 0 Å². The minimum absolute atomic E-state index is 0.947. The van der Waals surface area contributed by atoms with Crippen LogP contribution in [0.5, 0.6) is 0 Å². The van der Waals surface area contributed by atoms with Gasteiger partial charge in [0.15, 0.2) is 0 Å². The van der Waals surface area contributed by atoms with Gasteiger partial charge in [0.1, 0.15) is 0 Å². The first-order chi connectivity index (χ1) is 22.2. The summed E-state index contributed by atoms with van der Waals surface area (Å²) in [5.41, 5.74) is 8.04. The van der Waals surface area contributed by atoms with E-state index in [1.807, 2.05) is 64.8 Å². The topological polar surface area (TPSA) is 0 Å². The molecule has 6 aromatic carbocycles. The molecule has 16 heterocycles. The van der Waals surface area contributed by atoms with Crippen LogP contribution in [0.3, 0.4) is 0 Å². The predicted molar refractivity (Wildman–Crippen MR) is 202 cm³/mol. The molecule has 0 fully saturated rings. The molecule has 45 heavy (non-hydrogen) atoms. The molecule has 6 heteroatoms. The first-order valence-electron chi connectivity index (χ1n) is 14.8. The molecule has 0 N–H and O–H groups in total. The molecule has 0 aliphatic carbocycles. The van der Waals surface area contributed by atoms with E-state index in [0.717, 1.165) is 19.3 Å². The van der Waals surface area contributed by atoms with Gasteiger partial charge in [0, 0.05) is 29.4 Å². The normalized spacial score (nSPS) is 13.9. The van der Waals surface area contributed by atoms with E-state index >= 15 is 0 Å². The van der Waals surface area contributed by atoms with Crippen molar-refractivity contribution < 1.29 is 0 Å². The molecule has 12 bridgehead atoms. The van der Waals surface area contributed by atoms with Crippen molar-refractivity contribution in [3.8, 4) is 0 Å². The zero-order valence-corrected chi connectivity index (χ0v) is 29.3. The molecule has 0 spiro atoms. The average molecular weight is 691 g/mol. The van der Waals surface area contributed by atoms with E-state index in [2.05, 4.69) is 146 Å². The second-order valence-electron chi connectivity index (χ2n) is 10.9. The number of hydrogen-bond donors (Lipinski definition) is 0. The zero-order chi connectivity index (χ0) is 30.3. The minimum atomic E-state index is 0.947. The molecule has 0 saturated carbocycles.